The van der Waals surface area contributed by atoms with Gasteiger partial charge in [0.2, 0.25) is 0 Å². The van der Waals surface area contributed by atoms with Crippen molar-refractivity contribution < 1.29 is 14.4 Å². The van der Waals surface area contributed by atoms with Crippen LogP contribution >= 0.6 is 0 Å². The van der Waals surface area contributed by atoms with Crippen LogP contribution < -0.4 is 15.5 Å². The van der Waals surface area contributed by atoms with E-state index >= 15 is 0 Å². The van der Waals surface area contributed by atoms with Gasteiger partial charge in [0.25, 0.3) is 5.91 Å². The molecule has 22 heavy (non-hydrogen) atoms. The van der Waals surface area contributed by atoms with E-state index in [1.807, 2.05) is 0 Å². The van der Waals surface area contributed by atoms with Gasteiger partial charge in [0.05, 0.1) is 5.69 Å². The molecular weight excluding hydrogens is 284 g/mol. The number of anilines is 2. The van der Waals surface area contributed by atoms with Gasteiger partial charge in [-0.25, -0.2) is 14.5 Å². The molecule has 2 N–H and O–H groups in total. The van der Waals surface area contributed by atoms with Gasteiger partial charge >= 0.3 is 12.1 Å². The number of imide groups is 1. The summed E-state index contributed by atoms with van der Waals surface area (Å²) in [7, 11) is 1.58. The predicted molar refractivity (Wildman–Crippen MR) is 81.7 cm³/mol. The van der Waals surface area contributed by atoms with E-state index in [-0.39, 0.29) is 30.6 Å². The Morgan fingerprint density at radius 3 is 2.64 bits per heavy atom. The van der Waals surface area contributed by atoms with E-state index in [0.717, 1.165) is 24.2 Å². The summed E-state index contributed by atoms with van der Waals surface area (Å²) in [6.07, 6.45) is 3.17. The van der Waals surface area contributed by atoms with Crippen LogP contribution in [0.4, 0.5) is 21.0 Å². The average molecular weight is 302 g/mol. The van der Waals surface area contributed by atoms with E-state index in [1.54, 1.807) is 31.3 Å². The summed E-state index contributed by atoms with van der Waals surface area (Å²) >= 11 is 0. The summed E-state index contributed by atoms with van der Waals surface area (Å²) in [4.78, 5) is 38.2. The fourth-order valence-corrected chi connectivity index (χ4v) is 2.50. The van der Waals surface area contributed by atoms with Crippen molar-refractivity contribution in [1.29, 1.82) is 0 Å². The zero-order valence-corrected chi connectivity index (χ0v) is 12.3. The summed E-state index contributed by atoms with van der Waals surface area (Å²) < 4.78 is 0. The molecule has 1 saturated carbocycles. The number of carbonyl (C=O) groups is 3. The molecule has 1 aromatic rings. The normalized spacial score (nSPS) is 18.4. The molecule has 116 valence electrons. The standard InChI is InChI=1S/C15H18N4O3/c1-18-9-13(20)19(15(18)22)12-7-3-6-11(8-12)17-14(21)16-10-4-2-5-10/h3,6-8,10H,2,4-5,9H2,1H3,(H2,16,17,21). The van der Waals surface area contributed by atoms with E-state index in [1.165, 1.54) is 4.90 Å². The van der Waals surface area contributed by atoms with Crippen molar-refractivity contribution in [1.82, 2.24) is 10.2 Å². The molecule has 1 saturated heterocycles. The zero-order chi connectivity index (χ0) is 15.7. The minimum absolute atomic E-state index is 0.0681. The summed E-state index contributed by atoms with van der Waals surface area (Å²) in [6.45, 7) is 0.0681. The van der Waals surface area contributed by atoms with Gasteiger partial charge in [-0.3, -0.25) is 4.79 Å². The fourth-order valence-electron chi connectivity index (χ4n) is 2.50. The second kappa shape index (κ2) is 5.67. The van der Waals surface area contributed by atoms with Gasteiger partial charge in [0.15, 0.2) is 0 Å². The lowest BCUT2D eigenvalue weighted by atomic mass is 9.93. The van der Waals surface area contributed by atoms with E-state index in [4.69, 9.17) is 0 Å². The van der Waals surface area contributed by atoms with Gasteiger partial charge < -0.3 is 15.5 Å². The Morgan fingerprint density at radius 2 is 2.05 bits per heavy atom. The molecule has 5 amide bonds. The lowest BCUT2D eigenvalue weighted by Crippen LogP contribution is -2.41. The topological polar surface area (TPSA) is 81.8 Å². The van der Waals surface area contributed by atoms with E-state index in [0.29, 0.717) is 11.4 Å². The van der Waals surface area contributed by atoms with Crippen molar-refractivity contribution in [3.63, 3.8) is 0 Å². The highest BCUT2D eigenvalue weighted by atomic mass is 16.2. The molecular formula is C15H18N4O3. The minimum atomic E-state index is -0.360. The van der Waals surface area contributed by atoms with Crippen molar-refractivity contribution in [2.75, 3.05) is 23.8 Å². The van der Waals surface area contributed by atoms with Crippen LogP contribution in [0.3, 0.4) is 0 Å². The number of carbonyl (C=O) groups excluding carboxylic acids is 3. The first-order chi connectivity index (χ1) is 10.5. The van der Waals surface area contributed by atoms with Crippen LogP contribution in [0.2, 0.25) is 0 Å². The molecule has 0 spiro atoms. The summed E-state index contributed by atoms with van der Waals surface area (Å²) in [5.41, 5.74) is 1.00. The molecule has 1 heterocycles. The Hall–Kier alpha value is -2.57. The quantitative estimate of drug-likeness (QED) is 0.835. The van der Waals surface area contributed by atoms with Crippen LogP contribution in [0.25, 0.3) is 0 Å². The van der Waals surface area contributed by atoms with Gasteiger partial charge in [0.1, 0.15) is 6.54 Å². The smallest absolute Gasteiger partial charge is 0.331 e. The second-order valence-corrected chi connectivity index (χ2v) is 5.64. The molecule has 0 atom stereocenters. The summed E-state index contributed by atoms with van der Waals surface area (Å²) in [5, 5.41) is 5.61. The van der Waals surface area contributed by atoms with Crippen LogP contribution in [-0.2, 0) is 4.79 Å². The number of rotatable bonds is 3. The third-order valence-corrected chi connectivity index (χ3v) is 3.94. The third-order valence-electron chi connectivity index (χ3n) is 3.94. The van der Waals surface area contributed by atoms with Crippen LogP contribution in [0, 0.1) is 0 Å². The molecule has 7 nitrogen and oxygen atoms in total. The minimum Gasteiger partial charge on any atom is -0.335 e. The Labute approximate surface area is 128 Å². The second-order valence-electron chi connectivity index (χ2n) is 5.64. The van der Waals surface area contributed by atoms with Gasteiger partial charge in [-0.2, -0.15) is 0 Å². The first kappa shape index (κ1) is 14.4. The molecule has 0 aromatic heterocycles. The SMILES string of the molecule is CN1CC(=O)N(c2cccc(NC(=O)NC3CCC3)c2)C1=O. The molecule has 2 fully saturated rings. The Balaban J connectivity index is 1.71. The third kappa shape index (κ3) is 2.74. The molecule has 0 radical (unpaired) electrons. The largest absolute Gasteiger partial charge is 0.335 e. The van der Waals surface area contributed by atoms with Gasteiger partial charge in [-0.1, -0.05) is 6.07 Å². The number of hydrogen-bond donors (Lipinski definition) is 2. The van der Waals surface area contributed by atoms with Crippen molar-refractivity contribution in [3.05, 3.63) is 24.3 Å². The van der Waals surface area contributed by atoms with Crippen molar-refractivity contribution in [2.45, 2.75) is 25.3 Å². The van der Waals surface area contributed by atoms with E-state index in [9.17, 15) is 14.4 Å². The molecule has 1 aliphatic heterocycles. The fraction of sp³-hybridized carbons (Fsp3) is 0.400. The molecule has 1 aliphatic carbocycles. The molecule has 0 unspecified atom stereocenters. The zero-order valence-electron chi connectivity index (χ0n) is 12.3. The van der Waals surface area contributed by atoms with E-state index in [2.05, 4.69) is 10.6 Å². The molecule has 2 aliphatic rings. The van der Waals surface area contributed by atoms with Crippen molar-refractivity contribution >= 4 is 29.3 Å². The maximum atomic E-state index is 12.0. The van der Waals surface area contributed by atoms with E-state index < -0.39 is 0 Å². The predicted octanol–water partition coefficient (Wildman–Crippen LogP) is 1.76. The highest BCUT2D eigenvalue weighted by molar-refractivity contribution is 6.19. The Kier molecular flexibility index (Phi) is 3.70. The monoisotopic (exact) mass is 302 g/mol. The number of hydrogen-bond acceptors (Lipinski definition) is 3. The average Bonchev–Trinajstić information content (AvgIpc) is 2.68. The first-order valence-corrected chi connectivity index (χ1v) is 7.30. The number of likely N-dealkylation sites (N-methyl/N-ethyl adjacent to an activating group) is 1. The summed E-state index contributed by atoms with van der Waals surface area (Å²) in [5.74, 6) is -0.274. The van der Waals surface area contributed by atoms with Crippen molar-refractivity contribution in [3.8, 4) is 0 Å². The Bertz CT molecular complexity index is 627. The molecule has 0 bridgehead atoms. The molecule has 7 heteroatoms. The van der Waals surface area contributed by atoms with Crippen LogP contribution in [0.5, 0.6) is 0 Å². The number of nitrogens with zero attached hydrogens (tertiary/aromatic N) is 2. The number of urea groups is 2. The number of amides is 5. The lowest BCUT2D eigenvalue weighted by Gasteiger charge is -2.26. The Morgan fingerprint density at radius 1 is 1.27 bits per heavy atom. The van der Waals surface area contributed by atoms with Gasteiger partial charge in [-0.15, -0.1) is 0 Å². The highest BCUT2D eigenvalue weighted by Crippen LogP contribution is 2.24. The first-order valence-electron chi connectivity index (χ1n) is 7.30. The maximum Gasteiger partial charge on any atom is 0.331 e. The molecule has 3 rings (SSSR count). The number of nitrogens with one attached hydrogen (secondary N) is 2. The summed E-state index contributed by atoms with van der Waals surface area (Å²) in [6, 6.07) is 6.34. The van der Waals surface area contributed by atoms with Gasteiger partial charge in [-0.05, 0) is 37.5 Å². The van der Waals surface area contributed by atoms with Gasteiger partial charge in [0, 0.05) is 18.8 Å². The van der Waals surface area contributed by atoms with Crippen LogP contribution in [0.1, 0.15) is 19.3 Å². The molecule has 1 aromatic carbocycles. The maximum absolute atomic E-state index is 12.0. The number of benzene rings is 1. The lowest BCUT2D eigenvalue weighted by molar-refractivity contribution is -0.116. The highest BCUT2D eigenvalue weighted by Gasteiger charge is 2.34. The van der Waals surface area contributed by atoms with Crippen LogP contribution in [-0.4, -0.2) is 42.5 Å². The van der Waals surface area contributed by atoms with Crippen LogP contribution in [0.15, 0.2) is 24.3 Å². The van der Waals surface area contributed by atoms with Crippen molar-refractivity contribution in [2.24, 2.45) is 0 Å².